The van der Waals surface area contributed by atoms with Gasteiger partial charge < -0.3 is 5.32 Å². The van der Waals surface area contributed by atoms with Crippen LogP contribution in [-0.2, 0) is 31.5 Å². The summed E-state index contributed by atoms with van der Waals surface area (Å²) in [5.74, 6) is -1.88. The van der Waals surface area contributed by atoms with Crippen molar-refractivity contribution in [2.45, 2.75) is 12.6 Å². The zero-order chi connectivity index (χ0) is 24.1. The summed E-state index contributed by atoms with van der Waals surface area (Å²) >= 11 is 2.15. The molecule has 0 saturated heterocycles. The number of hydrogen-bond donors (Lipinski definition) is 1. The fourth-order valence-electron chi connectivity index (χ4n) is 3.25. The molecule has 0 saturated carbocycles. The van der Waals surface area contributed by atoms with Gasteiger partial charge in [0.1, 0.15) is 5.82 Å². The highest BCUT2D eigenvalue weighted by atomic mass is 32.1. The van der Waals surface area contributed by atoms with Crippen molar-refractivity contribution in [2.75, 3.05) is 5.32 Å². The predicted octanol–water partition coefficient (Wildman–Crippen LogP) is 3.76. The molecule has 0 aliphatic rings. The van der Waals surface area contributed by atoms with Crippen molar-refractivity contribution in [1.29, 1.82) is 0 Å². The number of aromatic nitrogens is 3. The van der Waals surface area contributed by atoms with Crippen LogP contribution in [0.2, 0.25) is 0 Å². The van der Waals surface area contributed by atoms with E-state index in [4.69, 9.17) is 0 Å². The number of thiazole rings is 1. The van der Waals surface area contributed by atoms with Gasteiger partial charge in [-0.25, -0.2) is 14.2 Å². The number of nitrogens with one attached hydrogen (secondary N) is 1. The number of alkyl halides is 3. The molecule has 0 aliphatic heterocycles. The van der Waals surface area contributed by atoms with Crippen LogP contribution in [0, 0.1) is 5.82 Å². The van der Waals surface area contributed by atoms with E-state index in [-0.39, 0.29) is 28.2 Å². The fraction of sp³-hybridized carbons (Fsp3) is 0.200. The smallest absolute Gasteiger partial charge is 0.302 e. The lowest BCUT2D eigenvalue weighted by Crippen LogP contribution is -2.36. The maximum atomic E-state index is 13.5. The van der Waals surface area contributed by atoms with Gasteiger partial charge in [0, 0.05) is 35.3 Å². The first-order valence-corrected chi connectivity index (χ1v) is 11.0. The number of thiophene rings is 1. The average molecular weight is 498 g/mol. The van der Waals surface area contributed by atoms with Gasteiger partial charge in [-0.1, -0.05) is 0 Å². The number of aryl methyl sites for hydroxylation is 1. The van der Waals surface area contributed by atoms with Crippen LogP contribution in [0.25, 0.3) is 22.2 Å². The first-order valence-electron chi connectivity index (χ1n) is 9.26. The number of carbonyl (C=O) groups excluding carboxylic acids is 1. The molecule has 1 aromatic carbocycles. The van der Waals surface area contributed by atoms with E-state index in [1.54, 1.807) is 5.38 Å². The number of hydrogen-bond acceptors (Lipinski definition) is 6. The van der Waals surface area contributed by atoms with Gasteiger partial charge in [-0.3, -0.25) is 18.7 Å². The number of benzene rings is 1. The summed E-state index contributed by atoms with van der Waals surface area (Å²) in [5, 5.41) is 6.01. The molecular formula is C20H14F4N4O3S2. The fourth-order valence-corrected chi connectivity index (χ4v) is 5.04. The van der Waals surface area contributed by atoms with Crippen LogP contribution in [0.15, 0.2) is 38.5 Å². The van der Waals surface area contributed by atoms with Gasteiger partial charge >= 0.3 is 11.9 Å². The summed E-state index contributed by atoms with van der Waals surface area (Å²) in [7, 11) is 2.87. The molecule has 1 N–H and O–H groups in total. The Hall–Kier alpha value is -3.32. The second kappa shape index (κ2) is 8.23. The Kier molecular flexibility index (Phi) is 5.70. The van der Waals surface area contributed by atoms with E-state index < -0.39 is 34.7 Å². The van der Waals surface area contributed by atoms with Gasteiger partial charge in [-0.2, -0.15) is 13.2 Å². The maximum absolute atomic E-state index is 13.5. The summed E-state index contributed by atoms with van der Waals surface area (Å²) in [4.78, 5) is 41.7. The van der Waals surface area contributed by atoms with Crippen molar-refractivity contribution >= 4 is 44.6 Å². The van der Waals surface area contributed by atoms with Crippen LogP contribution in [0.4, 0.5) is 22.7 Å². The van der Waals surface area contributed by atoms with Crippen molar-refractivity contribution in [2.24, 2.45) is 14.1 Å². The molecule has 172 valence electrons. The first kappa shape index (κ1) is 22.9. The highest BCUT2D eigenvalue weighted by Crippen LogP contribution is 2.35. The minimum Gasteiger partial charge on any atom is -0.302 e. The third kappa shape index (κ3) is 4.20. The van der Waals surface area contributed by atoms with Crippen LogP contribution in [0.1, 0.15) is 10.4 Å². The van der Waals surface area contributed by atoms with Crippen LogP contribution in [0.3, 0.4) is 0 Å². The molecule has 3 aromatic heterocycles. The normalized spacial score (nSPS) is 11.8. The molecule has 1 amide bonds. The summed E-state index contributed by atoms with van der Waals surface area (Å²) in [6.07, 6.45) is -5.01. The predicted molar refractivity (Wildman–Crippen MR) is 117 cm³/mol. The minimum atomic E-state index is -4.85. The zero-order valence-corrected chi connectivity index (χ0v) is 18.6. The van der Waals surface area contributed by atoms with Gasteiger partial charge in [0.25, 0.3) is 5.56 Å². The highest BCUT2D eigenvalue weighted by Gasteiger charge is 2.34. The number of fused-ring (bicyclic) bond motifs is 1. The molecule has 4 rings (SSSR count). The lowest BCUT2D eigenvalue weighted by atomic mass is 10.1. The quantitative estimate of drug-likeness (QED) is 0.434. The molecule has 0 radical (unpaired) electrons. The van der Waals surface area contributed by atoms with E-state index in [1.165, 1.54) is 30.1 Å². The molecule has 0 fully saturated rings. The standard InChI is InChI=1S/C20H14F4N4O3S2/c1-27-13-8-32-14(16(13)17(30)28(2)19(27)31)6-15(29)26-18-25-12(7-33-18)9-3-4-11(21)10(5-9)20(22,23)24/h3-5,7-8H,6H2,1-2H3,(H,25,26,29). The molecule has 0 atom stereocenters. The minimum absolute atomic E-state index is 0.0501. The van der Waals surface area contributed by atoms with Crippen LogP contribution < -0.4 is 16.6 Å². The molecule has 0 unspecified atom stereocenters. The van der Waals surface area contributed by atoms with Crippen LogP contribution in [0.5, 0.6) is 0 Å². The van der Waals surface area contributed by atoms with Gasteiger partial charge in [-0.05, 0) is 18.2 Å². The molecule has 13 heteroatoms. The van der Waals surface area contributed by atoms with E-state index in [2.05, 4.69) is 10.3 Å². The van der Waals surface area contributed by atoms with E-state index in [1.807, 2.05) is 0 Å². The molecule has 3 heterocycles. The molecule has 0 spiro atoms. The Morgan fingerprint density at radius 3 is 2.55 bits per heavy atom. The van der Waals surface area contributed by atoms with Crippen molar-refractivity contribution in [1.82, 2.24) is 14.1 Å². The van der Waals surface area contributed by atoms with Gasteiger partial charge in [0.2, 0.25) is 5.91 Å². The molecule has 33 heavy (non-hydrogen) atoms. The lowest BCUT2D eigenvalue weighted by molar-refractivity contribution is -0.140. The maximum Gasteiger partial charge on any atom is 0.419 e. The zero-order valence-electron chi connectivity index (χ0n) is 17.0. The third-order valence-electron chi connectivity index (χ3n) is 4.94. The Balaban J connectivity index is 1.56. The number of amides is 1. The lowest BCUT2D eigenvalue weighted by Gasteiger charge is -2.09. The van der Waals surface area contributed by atoms with E-state index in [9.17, 15) is 31.9 Å². The molecule has 0 bridgehead atoms. The van der Waals surface area contributed by atoms with E-state index >= 15 is 0 Å². The van der Waals surface area contributed by atoms with Gasteiger partial charge in [-0.15, -0.1) is 22.7 Å². The monoisotopic (exact) mass is 498 g/mol. The number of nitrogens with zero attached hydrogens (tertiary/aromatic N) is 3. The Morgan fingerprint density at radius 2 is 1.85 bits per heavy atom. The molecule has 4 aromatic rings. The molecule has 0 aliphatic carbocycles. The Morgan fingerprint density at radius 1 is 1.12 bits per heavy atom. The molecule has 7 nitrogen and oxygen atoms in total. The summed E-state index contributed by atoms with van der Waals surface area (Å²) < 4.78 is 54.7. The van der Waals surface area contributed by atoms with Crippen LogP contribution >= 0.6 is 22.7 Å². The van der Waals surface area contributed by atoms with Gasteiger partial charge in [0.05, 0.1) is 28.6 Å². The van der Waals surface area contributed by atoms with Gasteiger partial charge in [0.15, 0.2) is 5.13 Å². The summed E-state index contributed by atoms with van der Waals surface area (Å²) in [6.45, 7) is 0. The van der Waals surface area contributed by atoms with Crippen LogP contribution in [-0.4, -0.2) is 20.0 Å². The second-order valence-electron chi connectivity index (χ2n) is 7.08. The highest BCUT2D eigenvalue weighted by molar-refractivity contribution is 7.14. The number of rotatable bonds is 4. The number of anilines is 1. The average Bonchev–Trinajstić information content (AvgIpc) is 3.37. The van der Waals surface area contributed by atoms with E-state index in [0.29, 0.717) is 22.5 Å². The SMILES string of the molecule is Cn1c(=O)c2c(CC(=O)Nc3nc(-c4ccc(F)c(C(F)(F)F)c4)cs3)scc2n(C)c1=O. The largest absolute Gasteiger partial charge is 0.419 e. The number of halogens is 4. The van der Waals surface area contributed by atoms with Crippen molar-refractivity contribution in [3.63, 3.8) is 0 Å². The van der Waals surface area contributed by atoms with Crippen molar-refractivity contribution < 1.29 is 22.4 Å². The summed E-state index contributed by atoms with van der Waals surface area (Å²) in [5.41, 5.74) is -1.78. The van der Waals surface area contributed by atoms with E-state index in [0.717, 1.165) is 27.2 Å². The number of carbonyl (C=O) groups is 1. The Labute approximate surface area is 190 Å². The second-order valence-corrected chi connectivity index (χ2v) is 8.90. The third-order valence-corrected chi connectivity index (χ3v) is 6.67. The Bertz CT molecular complexity index is 1510. The summed E-state index contributed by atoms with van der Waals surface area (Å²) in [6, 6.07) is 2.54. The molecular weight excluding hydrogens is 484 g/mol. The van der Waals surface area contributed by atoms with Crippen molar-refractivity contribution in [3.8, 4) is 11.3 Å². The van der Waals surface area contributed by atoms with Crippen molar-refractivity contribution in [3.05, 3.63) is 66.1 Å². The topological polar surface area (TPSA) is 86.0 Å². The first-order chi connectivity index (χ1) is 15.5.